The van der Waals surface area contributed by atoms with E-state index < -0.39 is 0 Å². The predicted molar refractivity (Wildman–Crippen MR) is 99.3 cm³/mol. The second kappa shape index (κ2) is 6.80. The van der Waals surface area contributed by atoms with E-state index >= 15 is 0 Å². The Morgan fingerprint density at radius 3 is 2.48 bits per heavy atom. The zero-order chi connectivity index (χ0) is 16.4. The summed E-state index contributed by atoms with van der Waals surface area (Å²) in [5.74, 6) is 0.808. The Hall–Kier alpha value is -1.73. The minimum atomic E-state index is -0.198. The summed E-state index contributed by atoms with van der Waals surface area (Å²) >= 11 is 7.07. The number of anilines is 1. The van der Waals surface area contributed by atoms with Crippen molar-refractivity contribution < 1.29 is 4.74 Å². The number of imidazole rings is 1. The first-order chi connectivity index (χ1) is 11.1. The van der Waals surface area contributed by atoms with Gasteiger partial charge in [0.05, 0.1) is 26.6 Å². The standard InChI is InChI=1S/C16H15Br2N3O2/c1-2-23-15-11(17)5-9(6-12(15)18)8-19-10-3-4-13-14(7-10)21-16(22)20-13/h3-7,19H,2,8H2,1H3,(H2,20,21,22). The second-order valence-electron chi connectivity index (χ2n) is 5.01. The van der Waals surface area contributed by atoms with Crippen LogP contribution in [0, 0.1) is 0 Å². The van der Waals surface area contributed by atoms with Crippen molar-refractivity contribution >= 4 is 48.6 Å². The molecule has 0 aliphatic heterocycles. The topological polar surface area (TPSA) is 69.9 Å². The fourth-order valence-electron chi connectivity index (χ4n) is 2.34. The number of aromatic amines is 2. The minimum absolute atomic E-state index is 0.198. The zero-order valence-corrected chi connectivity index (χ0v) is 15.5. The first-order valence-corrected chi connectivity index (χ1v) is 8.72. The fraction of sp³-hybridized carbons (Fsp3) is 0.188. The lowest BCUT2D eigenvalue weighted by Gasteiger charge is -2.12. The minimum Gasteiger partial charge on any atom is -0.492 e. The molecule has 1 aromatic heterocycles. The molecule has 1 heterocycles. The number of hydrogen-bond donors (Lipinski definition) is 3. The summed E-state index contributed by atoms with van der Waals surface area (Å²) in [6.07, 6.45) is 0. The average molecular weight is 441 g/mol. The fourth-order valence-corrected chi connectivity index (χ4v) is 3.85. The molecule has 3 rings (SSSR count). The van der Waals surface area contributed by atoms with Gasteiger partial charge in [-0.05, 0) is 74.7 Å². The second-order valence-corrected chi connectivity index (χ2v) is 6.72. The Bertz CT molecular complexity index is 879. The number of nitrogens with one attached hydrogen (secondary N) is 3. The van der Waals surface area contributed by atoms with Gasteiger partial charge in [-0.25, -0.2) is 4.79 Å². The molecule has 0 saturated heterocycles. The molecule has 3 aromatic rings. The molecule has 7 heteroatoms. The van der Waals surface area contributed by atoms with Gasteiger partial charge in [0, 0.05) is 12.2 Å². The summed E-state index contributed by atoms with van der Waals surface area (Å²) in [7, 11) is 0. The van der Waals surface area contributed by atoms with Crippen LogP contribution in [-0.4, -0.2) is 16.6 Å². The summed E-state index contributed by atoms with van der Waals surface area (Å²) in [4.78, 5) is 16.8. The van der Waals surface area contributed by atoms with Crippen molar-refractivity contribution in [2.45, 2.75) is 13.5 Å². The third-order valence-electron chi connectivity index (χ3n) is 3.36. The third kappa shape index (κ3) is 3.61. The average Bonchev–Trinajstić information content (AvgIpc) is 2.88. The van der Waals surface area contributed by atoms with Gasteiger partial charge in [0.15, 0.2) is 0 Å². The van der Waals surface area contributed by atoms with E-state index in [9.17, 15) is 4.79 Å². The lowest BCUT2D eigenvalue weighted by molar-refractivity contribution is 0.336. The molecule has 0 radical (unpaired) electrons. The third-order valence-corrected chi connectivity index (χ3v) is 4.54. The molecule has 23 heavy (non-hydrogen) atoms. The Labute approximate surface area is 149 Å². The van der Waals surface area contributed by atoms with E-state index in [1.807, 2.05) is 37.3 Å². The number of fused-ring (bicyclic) bond motifs is 1. The highest BCUT2D eigenvalue weighted by Crippen LogP contribution is 2.35. The molecule has 2 aromatic carbocycles. The van der Waals surface area contributed by atoms with Crippen molar-refractivity contribution in [3.05, 3.63) is 55.3 Å². The van der Waals surface area contributed by atoms with Gasteiger partial charge in [-0.3, -0.25) is 0 Å². The Morgan fingerprint density at radius 2 is 1.78 bits per heavy atom. The van der Waals surface area contributed by atoms with Crippen molar-refractivity contribution in [1.29, 1.82) is 0 Å². The predicted octanol–water partition coefficient (Wildman–Crippen LogP) is 4.39. The van der Waals surface area contributed by atoms with Gasteiger partial charge in [0.25, 0.3) is 0 Å². The summed E-state index contributed by atoms with van der Waals surface area (Å²) in [5, 5.41) is 3.35. The molecule has 0 fully saturated rings. The van der Waals surface area contributed by atoms with Crippen molar-refractivity contribution in [1.82, 2.24) is 9.97 Å². The van der Waals surface area contributed by atoms with Gasteiger partial charge in [0.1, 0.15) is 5.75 Å². The number of H-pyrrole nitrogens is 2. The first-order valence-electron chi connectivity index (χ1n) is 7.13. The summed E-state index contributed by atoms with van der Waals surface area (Å²) in [5.41, 5.74) is 3.43. The molecule has 3 N–H and O–H groups in total. The Morgan fingerprint density at radius 1 is 1.09 bits per heavy atom. The molecule has 0 aliphatic carbocycles. The lowest BCUT2D eigenvalue weighted by Crippen LogP contribution is -2.01. The molecule has 0 aliphatic rings. The van der Waals surface area contributed by atoms with Gasteiger partial charge in [-0.15, -0.1) is 0 Å². The number of hydrogen-bond acceptors (Lipinski definition) is 3. The van der Waals surface area contributed by atoms with Crippen LogP contribution in [0.5, 0.6) is 5.75 Å². The zero-order valence-electron chi connectivity index (χ0n) is 12.4. The maximum atomic E-state index is 11.3. The van der Waals surface area contributed by atoms with Gasteiger partial charge in [0.2, 0.25) is 0 Å². The molecule has 0 saturated carbocycles. The van der Waals surface area contributed by atoms with Gasteiger partial charge in [-0.2, -0.15) is 0 Å². The molecule has 0 amide bonds. The molecule has 0 unspecified atom stereocenters. The monoisotopic (exact) mass is 439 g/mol. The number of halogens is 2. The van der Waals surface area contributed by atoms with E-state index in [0.29, 0.717) is 13.2 Å². The highest BCUT2D eigenvalue weighted by atomic mass is 79.9. The van der Waals surface area contributed by atoms with Crippen LogP contribution in [0.2, 0.25) is 0 Å². The van der Waals surface area contributed by atoms with Crippen LogP contribution in [0.15, 0.2) is 44.1 Å². The van der Waals surface area contributed by atoms with Crippen LogP contribution in [0.1, 0.15) is 12.5 Å². The van der Waals surface area contributed by atoms with Crippen LogP contribution in [0.4, 0.5) is 5.69 Å². The van der Waals surface area contributed by atoms with Crippen molar-refractivity contribution in [3.8, 4) is 5.75 Å². The SMILES string of the molecule is CCOc1c(Br)cc(CNc2ccc3[nH]c(=O)[nH]c3c2)cc1Br. The summed E-state index contributed by atoms with van der Waals surface area (Å²) in [6.45, 7) is 3.23. The molecule has 120 valence electrons. The van der Waals surface area contributed by atoms with Gasteiger partial charge < -0.3 is 20.0 Å². The number of benzene rings is 2. The molecule has 0 spiro atoms. The molecule has 0 atom stereocenters. The van der Waals surface area contributed by atoms with E-state index in [0.717, 1.165) is 37.0 Å². The van der Waals surface area contributed by atoms with Crippen LogP contribution >= 0.6 is 31.9 Å². The molecular weight excluding hydrogens is 426 g/mol. The number of aromatic nitrogens is 2. The number of rotatable bonds is 5. The highest BCUT2D eigenvalue weighted by molar-refractivity contribution is 9.11. The van der Waals surface area contributed by atoms with E-state index in [1.165, 1.54) is 0 Å². The van der Waals surface area contributed by atoms with Gasteiger partial charge >= 0.3 is 5.69 Å². The maximum absolute atomic E-state index is 11.3. The van der Waals surface area contributed by atoms with Crippen LogP contribution < -0.4 is 15.7 Å². The van der Waals surface area contributed by atoms with Crippen molar-refractivity contribution in [2.24, 2.45) is 0 Å². The van der Waals surface area contributed by atoms with Crippen LogP contribution in [0.3, 0.4) is 0 Å². The lowest BCUT2D eigenvalue weighted by atomic mass is 10.2. The summed E-state index contributed by atoms with van der Waals surface area (Å²) in [6, 6.07) is 9.77. The van der Waals surface area contributed by atoms with Crippen LogP contribution in [0.25, 0.3) is 11.0 Å². The van der Waals surface area contributed by atoms with Crippen molar-refractivity contribution in [2.75, 3.05) is 11.9 Å². The number of ether oxygens (including phenoxy) is 1. The highest BCUT2D eigenvalue weighted by Gasteiger charge is 2.08. The van der Waals surface area contributed by atoms with E-state index in [2.05, 4.69) is 47.1 Å². The normalized spacial score (nSPS) is 10.9. The molecule has 5 nitrogen and oxygen atoms in total. The maximum Gasteiger partial charge on any atom is 0.323 e. The molecule has 0 bridgehead atoms. The van der Waals surface area contributed by atoms with E-state index in [4.69, 9.17) is 4.74 Å². The Balaban J connectivity index is 1.77. The largest absolute Gasteiger partial charge is 0.492 e. The van der Waals surface area contributed by atoms with Gasteiger partial charge in [-0.1, -0.05) is 0 Å². The smallest absolute Gasteiger partial charge is 0.323 e. The Kier molecular flexibility index (Phi) is 4.77. The van der Waals surface area contributed by atoms with E-state index in [-0.39, 0.29) is 5.69 Å². The molecular formula is C16H15Br2N3O2. The quantitative estimate of drug-likeness (QED) is 0.550. The summed E-state index contributed by atoms with van der Waals surface area (Å²) < 4.78 is 7.41. The van der Waals surface area contributed by atoms with Crippen molar-refractivity contribution in [3.63, 3.8) is 0 Å². The first kappa shape index (κ1) is 16.1. The van der Waals surface area contributed by atoms with Crippen LogP contribution in [-0.2, 0) is 6.54 Å². The van der Waals surface area contributed by atoms with E-state index in [1.54, 1.807) is 0 Å².